The quantitative estimate of drug-likeness (QED) is 0.475. The van der Waals surface area contributed by atoms with Gasteiger partial charge in [0.1, 0.15) is 0 Å². The fraction of sp³-hybridized carbons (Fsp3) is 0.280. The summed E-state index contributed by atoms with van der Waals surface area (Å²) in [5, 5.41) is 0. The number of benzene rings is 2. The van der Waals surface area contributed by atoms with Crippen LogP contribution in [0.4, 0.5) is 0 Å². The second-order valence-corrected chi connectivity index (χ2v) is 11.9. The third-order valence-electron chi connectivity index (χ3n) is 5.65. The van der Waals surface area contributed by atoms with Crippen LogP contribution in [0.5, 0.6) is 0 Å². The molecule has 0 saturated heterocycles. The van der Waals surface area contributed by atoms with Crippen LogP contribution in [-0.4, -0.2) is 50.6 Å². The van der Waals surface area contributed by atoms with E-state index in [1.54, 1.807) is 60.7 Å². The first-order valence-electron chi connectivity index (χ1n) is 10.7. The van der Waals surface area contributed by atoms with E-state index >= 15 is 0 Å². The summed E-state index contributed by atoms with van der Waals surface area (Å²) in [5.41, 5.74) is 1.93. The van der Waals surface area contributed by atoms with Crippen molar-refractivity contribution in [2.24, 2.45) is 0 Å². The van der Waals surface area contributed by atoms with Crippen molar-refractivity contribution >= 4 is 20.0 Å². The van der Waals surface area contributed by atoms with Gasteiger partial charge in [0, 0.05) is 25.2 Å². The molecule has 2 aromatic carbocycles. The molecule has 8 heteroatoms. The molecule has 2 atom stereocenters. The van der Waals surface area contributed by atoms with Gasteiger partial charge in [-0.05, 0) is 44.5 Å². The number of sulfonamides is 2. The Labute approximate surface area is 197 Å². The fourth-order valence-corrected chi connectivity index (χ4v) is 6.99. The normalized spacial score (nSPS) is 18.7. The fourth-order valence-electron chi connectivity index (χ4n) is 3.86. The van der Waals surface area contributed by atoms with Crippen molar-refractivity contribution in [3.05, 3.63) is 97.1 Å². The van der Waals surface area contributed by atoms with Crippen LogP contribution < -0.4 is 0 Å². The highest BCUT2D eigenvalue weighted by Crippen LogP contribution is 2.30. The van der Waals surface area contributed by atoms with Crippen LogP contribution in [0, 0.1) is 13.8 Å². The Morgan fingerprint density at radius 2 is 1.06 bits per heavy atom. The summed E-state index contributed by atoms with van der Waals surface area (Å²) >= 11 is 0. The van der Waals surface area contributed by atoms with Crippen molar-refractivity contribution in [3.63, 3.8) is 0 Å². The Morgan fingerprint density at radius 1 is 0.727 bits per heavy atom. The first-order chi connectivity index (χ1) is 15.6. The average Bonchev–Trinajstić information content (AvgIpc) is 3.25. The summed E-state index contributed by atoms with van der Waals surface area (Å²) < 4.78 is 56.2. The zero-order valence-corrected chi connectivity index (χ0v) is 20.6. The Morgan fingerprint density at radius 3 is 1.36 bits per heavy atom. The van der Waals surface area contributed by atoms with Gasteiger partial charge in [-0.2, -0.15) is 8.61 Å². The highest BCUT2D eigenvalue weighted by Gasteiger charge is 2.38. The third kappa shape index (κ3) is 5.35. The van der Waals surface area contributed by atoms with E-state index in [-0.39, 0.29) is 22.9 Å². The predicted molar refractivity (Wildman–Crippen MR) is 132 cm³/mol. The number of aryl methyl sites for hydroxylation is 2. The average molecular weight is 487 g/mol. The van der Waals surface area contributed by atoms with Gasteiger partial charge in [0.15, 0.2) is 0 Å². The van der Waals surface area contributed by atoms with Crippen LogP contribution in [0.1, 0.15) is 17.5 Å². The number of rotatable bonds is 10. The number of hydrogen-bond donors (Lipinski definition) is 0. The molecule has 176 valence electrons. The van der Waals surface area contributed by atoms with E-state index in [1.807, 2.05) is 13.8 Å². The molecule has 6 nitrogen and oxygen atoms in total. The van der Waals surface area contributed by atoms with Gasteiger partial charge in [-0.3, -0.25) is 0 Å². The standard InChI is InChI=1S/C25H30N2O4S2/c1-5-17-26(32(28,29)24-13-7-20(3)8-14-24)22-11-12-23(19-22)27(18-6-2)33(30,31)25-15-9-21(4)10-16-25/h5-16,22-23H,1-2,17-19H2,3-4H3. The second-order valence-electron chi connectivity index (χ2n) is 8.11. The molecule has 2 unspecified atom stereocenters. The minimum absolute atomic E-state index is 0.115. The smallest absolute Gasteiger partial charge is 0.207 e. The van der Waals surface area contributed by atoms with Gasteiger partial charge in [0.05, 0.1) is 9.79 Å². The summed E-state index contributed by atoms with van der Waals surface area (Å²) in [6.07, 6.45) is 6.91. The molecule has 0 spiro atoms. The van der Waals surface area contributed by atoms with E-state index in [0.29, 0.717) is 6.42 Å². The molecule has 0 fully saturated rings. The van der Waals surface area contributed by atoms with Crippen molar-refractivity contribution < 1.29 is 16.8 Å². The van der Waals surface area contributed by atoms with Crippen LogP contribution >= 0.6 is 0 Å². The molecule has 0 radical (unpaired) electrons. The predicted octanol–water partition coefficient (Wildman–Crippen LogP) is 4.05. The molecule has 0 bridgehead atoms. The molecule has 0 amide bonds. The van der Waals surface area contributed by atoms with Crippen LogP contribution in [0.15, 0.2) is 95.8 Å². The minimum Gasteiger partial charge on any atom is -0.207 e. The summed E-state index contributed by atoms with van der Waals surface area (Å²) in [5.74, 6) is 0. The zero-order chi connectivity index (χ0) is 24.2. The minimum atomic E-state index is -3.79. The molecule has 0 aliphatic heterocycles. The SMILES string of the molecule is C=CCN(C1C=CC(N(CC=C)S(=O)(=O)c2ccc(C)cc2)C1)S(=O)(=O)c1ccc(C)cc1. The Bertz CT molecular complexity index is 1130. The maximum atomic E-state index is 13.4. The largest absolute Gasteiger partial charge is 0.243 e. The van der Waals surface area contributed by atoms with Gasteiger partial charge in [-0.15, -0.1) is 13.2 Å². The van der Waals surface area contributed by atoms with Gasteiger partial charge < -0.3 is 0 Å². The monoisotopic (exact) mass is 486 g/mol. The molecule has 33 heavy (non-hydrogen) atoms. The molecule has 0 heterocycles. The summed E-state index contributed by atoms with van der Waals surface area (Å²) in [7, 11) is -7.59. The lowest BCUT2D eigenvalue weighted by Crippen LogP contribution is -2.43. The molecule has 0 aromatic heterocycles. The van der Waals surface area contributed by atoms with Gasteiger partial charge in [0.25, 0.3) is 0 Å². The molecule has 3 rings (SSSR count). The number of nitrogens with zero attached hydrogens (tertiary/aromatic N) is 2. The Kier molecular flexibility index (Phi) is 7.74. The maximum Gasteiger partial charge on any atom is 0.243 e. The molecule has 1 aliphatic rings. The Hall–Kier alpha value is -2.52. The van der Waals surface area contributed by atoms with Crippen LogP contribution in [0.2, 0.25) is 0 Å². The molecule has 0 saturated carbocycles. The van der Waals surface area contributed by atoms with Crippen molar-refractivity contribution in [3.8, 4) is 0 Å². The lowest BCUT2D eigenvalue weighted by atomic mass is 10.2. The van der Waals surface area contributed by atoms with Crippen molar-refractivity contribution in [2.75, 3.05) is 13.1 Å². The summed E-state index contributed by atoms with van der Waals surface area (Å²) in [4.78, 5) is 0.393. The second kappa shape index (κ2) is 10.2. The van der Waals surface area contributed by atoms with E-state index < -0.39 is 32.1 Å². The van der Waals surface area contributed by atoms with Crippen molar-refractivity contribution in [1.29, 1.82) is 0 Å². The molecular weight excluding hydrogens is 456 g/mol. The number of hydrogen-bond acceptors (Lipinski definition) is 4. The summed E-state index contributed by atoms with van der Waals surface area (Å²) in [6.45, 7) is 11.4. The topological polar surface area (TPSA) is 74.8 Å². The van der Waals surface area contributed by atoms with E-state index in [4.69, 9.17) is 0 Å². The molecule has 0 N–H and O–H groups in total. The van der Waals surface area contributed by atoms with Gasteiger partial charge in [0.2, 0.25) is 20.0 Å². The first-order valence-corrected chi connectivity index (χ1v) is 13.6. The van der Waals surface area contributed by atoms with Crippen LogP contribution in [0.25, 0.3) is 0 Å². The van der Waals surface area contributed by atoms with Gasteiger partial charge in [-0.25, -0.2) is 16.8 Å². The Balaban J connectivity index is 1.89. The zero-order valence-electron chi connectivity index (χ0n) is 19.0. The van der Waals surface area contributed by atoms with Crippen molar-refractivity contribution in [1.82, 2.24) is 8.61 Å². The molecular formula is C25H30N2O4S2. The highest BCUT2D eigenvalue weighted by atomic mass is 32.2. The van der Waals surface area contributed by atoms with Crippen LogP contribution in [0.3, 0.4) is 0 Å². The van der Waals surface area contributed by atoms with Gasteiger partial charge in [-0.1, -0.05) is 59.7 Å². The summed E-state index contributed by atoms with van der Waals surface area (Å²) in [6, 6.07) is 12.4. The van der Waals surface area contributed by atoms with E-state index in [9.17, 15) is 16.8 Å². The maximum absolute atomic E-state index is 13.4. The third-order valence-corrected chi connectivity index (χ3v) is 9.46. The lowest BCUT2D eigenvalue weighted by molar-refractivity contribution is 0.324. The van der Waals surface area contributed by atoms with Crippen molar-refractivity contribution in [2.45, 2.75) is 42.1 Å². The van der Waals surface area contributed by atoms with Crippen LogP contribution in [-0.2, 0) is 20.0 Å². The first kappa shape index (κ1) is 25.1. The molecule has 2 aromatic rings. The van der Waals surface area contributed by atoms with Gasteiger partial charge >= 0.3 is 0 Å². The van der Waals surface area contributed by atoms with E-state index in [0.717, 1.165) is 11.1 Å². The van der Waals surface area contributed by atoms with E-state index in [1.165, 1.54) is 20.8 Å². The highest BCUT2D eigenvalue weighted by molar-refractivity contribution is 7.89. The lowest BCUT2D eigenvalue weighted by Gasteiger charge is -2.30. The van der Waals surface area contributed by atoms with E-state index in [2.05, 4.69) is 13.2 Å². The molecule has 1 aliphatic carbocycles.